The first kappa shape index (κ1) is 14.1. The maximum atomic E-state index is 5.91. The maximum absolute atomic E-state index is 5.91. The van der Waals surface area contributed by atoms with Crippen molar-refractivity contribution in [1.82, 2.24) is 4.90 Å². The van der Waals surface area contributed by atoms with Crippen molar-refractivity contribution in [3.8, 4) is 0 Å². The molecule has 1 heterocycles. The SMILES string of the molecule is CC(c1ccc(Cl)cc1)N(C)Cc1cc(Br)cs1. The molecule has 0 saturated carbocycles. The summed E-state index contributed by atoms with van der Waals surface area (Å²) in [5.41, 5.74) is 1.29. The van der Waals surface area contributed by atoms with Crippen molar-refractivity contribution in [3.63, 3.8) is 0 Å². The summed E-state index contributed by atoms with van der Waals surface area (Å²) in [4.78, 5) is 3.70. The molecule has 0 amide bonds. The molecule has 0 bridgehead atoms. The molecule has 1 aromatic carbocycles. The molecule has 0 aliphatic rings. The second kappa shape index (κ2) is 6.20. The molecule has 2 rings (SSSR count). The summed E-state index contributed by atoms with van der Waals surface area (Å²) < 4.78 is 1.16. The zero-order chi connectivity index (χ0) is 13.1. The smallest absolute Gasteiger partial charge is 0.0406 e. The highest BCUT2D eigenvalue weighted by atomic mass is 79.9. The Morgan fingerprint density at radius 3 is 2.56 bits per heavy atom. The third-order valence-corrected chi connectivity index (χ3v) is 4.97. The van der Waals surface area contributed by atoms with E-state index in [0.29, 0.717) is 6.04 Å². The van der Waals surface area contributed by atoms with E-state index in [1.165, 1.54) is 10.4 Å². The summed E-state index contributed by atoms with van der Waals surface area (Å²) in [7, 11) is 2.15. The second-order valence-electron chi connectivity index (χ2n) is 4.37. The summed E-state index contributed by atoms with van der Waals surface area (Å²) in [5.74, 6) is 0. The van der Waals surface area contributed by atoms with E-state index in [0.717, 1.165) is 16.0 Å². The average Bonchev–Trinajstić information content (AvgIpc) is 2.75. The minimum atomic E-state index is 0.378. The number of hydrogen-bond acceptors (Lipinski definition) is 2. The van der Waals surface area contributed by atoms with Crippen LogP contribution in [0.25, 0.3) is 0 Å². The topological polar surface area (TPSA) is 3.24 Å². The molecule has 1 atom stereocenters. The number of nitrogens with zero attached hydrogens (tertiary/aromatic N) is 1. The lowest BCUT2D eigenvalue weighted by Crippen LogP contribution is -2.21. The van der Waals surface area contributed by atoms with Crippen LogP contribution in [0.2, 0.25) is 5.02 Å². The van der Waals surface area contributed by atoms with Gasteiger partial charge in [-0.15, -0.1) is 11.3 Å². The monoisotopic (exact) mass is 343 g/mol. The fourth-order valence-electron chi connectivity index (χ4n) is 1.82. The molecule has 0 spiro atoms. The lowest BCUT2D eigenvalue weighted by Gasteiger charge is -2.24. The first-order chi connectivity index (χ1) is 8.56. The Labute approximate surface area is 126 Å². The van der Waals surface area contributed by atoms with Gasteiger partial charge in [0.2, 0.25) is 0 Å². The van der Waals surface area contributed by atoms with Gasteiger partial charge in [0, 0.05) is 32.3 Å². The third kappa shape index (κ3) is 3.58. The average molecular weight is 345 g/mol. The molecule has 1 unspecified atom stereocenters. The lowest BCUT2D eigenvalue weighted by atomic mass is 10.1. The van der Waals surface area contributed by atoms with Crippen molar-refractivity contribution in [2.24, 2.45) is 0 Å². The van der Waals surface area contributed by atoms with Gasteiger partial charge in [-0.05, 0) is 53.7 Å². The van der Waals surface area contributed by atoms with Crippen molar-refractivity contribution < 1.29 is 0 Å². The molecule has 2 aromatic rings. The van der Waals surface area contributed by atoms with Crippen LogP contribution in [0.4, 0.5) is 0 Å². The van der Waals surface area contributed by atoms with E-state index in [-0.39, 0.29) is 0 Å². The van der Waals surface area contributed by atoms with Crippen molar-refractivity contribution in [2.75, 3.05) is 7.05 Å². The van der Waals surface area contributed by atoms with Gasteiger partial charge >= 0.3 is 0 Å². The largest absolute Gasteiger partial charge is 0.295 e. The van der Waals surface area contributed by atoms with Crippen LogP contribution >= 0.6 is 38.9 Å². The first-order valence-corrected chi connectivity index (χ1v) is 7.80. The Morgan fingerprint density at radius 2 is 2.00 bits per heavy atom. The Bertz CT molecular complexity index is 509. The molecular formula is C14H15BrClNS. The standard InChI is InChI=1S/C14H15BrClNS/c1-10(11-3-5-13(16)6-4-11)17(2)8-14-7-12(15)9-18-14/h3-7,9-10H,8H2,1-2H3. The van der Waals surface area contributed by atoms with E-state index >= 15 is 0 Å². The zero-order valence-corrected chi connectivity index (χ0v) is 13.5. The number of rotatable bonds is 4. The molecule has 1 nitrogen and oxygen atoms in total. The number of hydrogen-bond donors (Lipinski definition) is 0. The van der Waals surface area contributed by atoms with Crippen LogP contribution in [0, 0.1) is 0 Å². The minimum Gasteiger partial charge on any atom is -0.295 e. The summed E-state index contributed by atoms with van der Waals surface area (Å²) in [6.07, 6.45) is 0. The van der Waals surface area contributed by atoms with Gasteiger partial charge in [0.25, 0.3) is 0 Å². The van der Waals surface area contributed by atoms with Crippen LogP contribution in [0.1, 0.15) is 23.4 Å². The van der Waals surface area contributed by atoms with Gasteiger partial charge in [-0.1, -0.05) is 23.7 Å². The molecule has 4 heteroatoms. The van der Waals surface area contributed by atoms with Crippen LogP contribution in [-0.2, 0) is 6.54 Å². The molecule has 0 fully saturated rings. The van der Waals surface area contributed by atoms with Gasteiger partial charge < -0.3 is 0 Å². The Kier molecular flexibility index (Phi) is 4.84. The fourth-order valence-corrected chi connectivity index (χ4v) is 3.45. The van der Waals surface area contributed by atoms with Gasteiger partial charge in [0.05, 0.1) is 0 Å². The van der Waals surface area contributed by atoms with E-state index in [1.54, 1.807) is 11.3 Å². The van der Waals surface area contributed by atoms with Crippen molar-refractivity contribution in [3.05, 3.63) is 55.6 Å². The number of halogens is 2. The van der Waals surface area contributed by atoms with Gasteiger partial charge in [0.15, 0.2) is 0 Å². The van der Waals surface area contributed by atoms with Crippen molar-refractivity contribution in [2.45, 2.75) is 19.5 Å². The highest BCUT2D eigenvalue weighted by Crippen LogP contribution is 2.25. The number of thiophene rings is 1. The van der Waals surface area contributed by atoms with Gasteiger partial charge in [-0.2, -0.15) is 0 Å². The molecule has 0 aliphatic heterocycles. The summed E-state index contributed by atoms with van der Waals surface area (Å²) in [6.45, 7) is 3.17. The third-order valence-electron chi connectivity index (χ3n) is 3.04. The van der Waals surface area contributed by atoms with E-state index in [2.05, 4.69) is 58.4 Å². The maximum Gasteiger partial charge on any atom is 0.0406 e. The quantitative estimate of drug-likeness (QED) is 0.722. The molecule has 1 aromatic heterocycles. The first-order valence-electron chi connectivity index (χ1n) is 5.75. The van der Waals surface area contributed by atoms with Crippen LogP contribution in [0.3, 0.4) is 0 Å². The van der Waals surface area contributed by atoms with Gasteiger partial charge in [-0.3, -0.25) is 4.90 Å². The highest BCUT2D eigenvalue weighted by molar-refractivity contribution is 9.10. The second-order valence-corrected chi connectivity index (χ2v) is 6.72. The Morgan fingerprint density at radius 1 is 1.33 bits per heavy atom. The van der Waals surface area contributed by atoms with E-state index < -0.39 is 0 Å². The van der Waals surface area contributed by atoms with Crippen LogP contribution < -0.4 is 0 Å². The van der Waals surface area contributed by atoms with Gasteiger partial charge in [-0.25, -0.2) is 0 Å². The predicted molar refractivity (Wildman–Crippen MR) is 83.4 cm³/mol. The summed E-state index contributed by atoms with van der Waals surface area (Å²) in [6, 6.07) is 10.6. The molecular weight excluding hydrogens is 330 g/mol. The van der Waals surface area contributed by atoms with Crippen LogP contribution in [-0.4, -0.2) is 11.9 Å². The van der Waals surface area contributed by atoms with E-state index in [9.17, 15) is 0 Å². The normalized spacial score (nSPS) is 12.9. The summed E-state index contributed by atoms with van der Waals surface area (Å²) in [5, 5.41) is 2.91. The molecule has 0 N–H and O–H groups in total. The van der Waals surface area contributed by atoms with Crippen molar-refractivity contribution in [1.29, 1.82) is 0 Å². The molecule has 96 valence electrons. The van der Waals surface area contributed by atoms with Crippen LogP contribution in [0.5, 0.6) is 0 Å². The molecule has 18 heavy (non-hydrogen) atoms. The summed E-state index contributed by atoms with van der Waals surface area (Å²) >= 11 is 11.2. The van der Waals surface area contributed by atoms with E-state index in [1.807, 2.05) is 12.1 Å². The molecule has 0 saturated heterocycles. The number of benzene rings is 1. The highest BCUT2D eigenvalue weighted by Gasteiger charge is 2.12. The zero-order valence-electron chi connectivity index (χ0n) is 10.4. The van der Waals surface area contributed by atoms with E-state index in [4.69, 9.17) is 11.6 Å². The molecule has 0 aliphatic carbocycles. The minimum absolute atomic E-state index is 0.378. The lowest BCUT2D eigenvalue weighted by molar-refractivity contribution is 0.255. The van der Waals surface area contributed by atoms with Gasteiger partial charge in [0.1, 0.15) is 0 Å². The fraction of sp³-hybridized carbons (Fsp3) is 0.286. The van der Waals surface area contributed by atoms with Crippen molar-refractivity contribution >= 4 is 38.9 Å². The Hall–Kier alpha value is -0.350. The van der Waals surface area contributed by atoms with Crippen LogP contribution in [0.15, 0.2) is 40.2 Å². The molecule has 0 radical (unpaired) electrons. The Balaban J connectivity index is 2.04. The predicted octanol–water partition coefficient (Wildman–Crippen LogP) is 5.36.